The maximum absolute atomic E-state index is 11.4. The Bertz CT molecular complexity index is 499. The maximum atomic E-state index is 11.4. The molecule has 3 atom stereocenters. The summed E-state index contributed by atoms with van der Waals surface area (Å²) in [6, 6.07) is 4.31. The van der Waals surface area contributed by atoms with Crippen molar-refractivity contribution in [1.29, 1.82) is 0 Å². The number of hydrogen-bond donors (Lipinski definition) is 2. The molecule has 2 N–H and O–H groups in total. The lowest BCUT2D eigenvalue weighted by molar-refractivity contribution is -0.149. The first-order valence-electron chi connectivity index (χ1n) is 7.24. The molecule has 1 fully saturated rings. The molecule has 2 rings (SSSR count). The van der Waals surface area contributed by atoms with Crippen molar-refractivity contribution in [1.82, 2.24) is 4.98 Å². The smallest absolute Gasteiger partial charge is 0.307 e. The number of nitrogens with one attached hydrogen (secondary N) is 1. The summed E-state index contributed by atoms with van der Waals surface area (Å²) < 4.78 is 0. The molecule has 4 nitrogen and oxygen atoms in total. The van der Waals surface area contributed by atoms with Crippen molar-refractivity contribution >= 4 is 11.7 Å². The van der Waals surface area contributed by atoms with Gasteiger partial charge in [-0.1, -0.05) is 20.8 Å². The first-order chi connectivity index (χ1) is 9.32. The van der Waals surface area contributed by atoms with Crippen molar-refractivity contribution in [2.45, 2.75) is 46.6 Å². The molecule has 0 radical (unpaired) electrons. The number of hydrogen-bond acceptors (Lipinski definition) is 3. The third kappa shape index (κ3) is 2.79. The van der Waals surface area contributed by atoms with Gasteiger partial charge in [0, 0.05) is 23.6 Å². The molecule has 0 aromatic carbocycles. The number of anilines is 1. The number of aryl methyl sites for hydroxylation is 1. The van der Waals surface area contributed by atoms with E-state index in [1.165, 1.54) is 0 Å². The van der Waals surface area contributed by atoms with E-state index in [1.807, 2.05) is 19.1 Å². The molecule has 1 aliphatic rings. The van der Waals surface area contributed by atoms with Crippen LogP contribution in [0.4, 0.5) is 5.69 Å². The van der Waals surface area contributed by atoms with E-state index in [1.54, 1.807) is 6.20 Å². The minimum Gasteiger partial charge on any atom is -0.481 e. The minimum atomic E-state index is -0.667. The van der Waals surface area contributed by atoms with Gasteiger partial charge in [-0.05, 0) is 43.2 Å². The number of aromatic nitrogens is 1. The standard InChI is InChI=1S/C16H24N2O2/c1-10-9-12(7-8-17-10)18-14-6-5-13(15(19)20)16(3,4)11(14)2/h7-9,11,13-14H,5-6H2,1-4H3,(H,17,18)(H,19,20). The van der Waals surface area contributed by atoms with Crippen LogP contribution in [0.15, 0.2) is 18.3 Å². The molecule has 20 heavy (non-hydrogen) atoms. The lowest BCUT2D eigenvalue weighted by atomic mass is 9.61. The van der Waals surface area contributed by atoms with Crippen molar-refractivity contribution in [3.63, 3.8) is 0 Å². The Balaban J connectivity index is 2.14. The van der Waals surface area contributed by atoms with Crippen molar-refractivity contribution in [2.75, 3.05) is 5.32 Å². The van der Waals surface area contributed by atoms with Gasteiger partial charge < -0.3 is 10.4 Å². The first kappa shape index (κ1) is 14.8. The molecule has 1 saturated carbocycles. The molecule has 3 unspecified atom stereocenters. The van der Waals surface area contributed by atoms with Crippen LogP contribution in [0.3, 0.4) is 0 Å². The summed E-state index contributed by atoms with van der Waals surface area (Å²) in [5.41, 5.74) is 1.85. The predicted molar refractivity (Wildman–Crippen MR) is 79.7 cm³/mol. The molecule has 1 heterocycles. The Morgan fingerprint density at radius 3 is 2.75 bits per heavy atom. The summed E-state index contributed by atoms with van der Waals surface area (Å²) >= 11 is 0. The van der Waals surface area contributed by atoms with E-state index >= 15 is 0 Å². The lowest BCUT2D eigenvalue weighted by Crippen LogP contribution is -2.48. The number of aliphatic carboxylic acids is 1. The molecule has 4 heteroatoms. The highest BCUT2D eigenvalue weighted by atomic mass is 16.4. The van der Waals surface area contributed by atoms with Gasteiger partial charge in [-0.15, -0.1) is 0 Å². The zero-order valence-corrected chi connectivity index (χ0v) is 12.7. The molecular weight excluding hydrogens is 252 g/mol. The first-order valence-corrected chi connectivity index (χ1v) is 7.24. The van der Waals surface area contributed by atoms with E-state index in [-0.39, 0.29) is 11.3 Å². The molecule has 0 bridgehead atoms. The second-order valence-electron chi connectivity index (χ2n) is 6.51. The third-order valence-electron chi connectivity index (χ3n) is 4.99. The van der Waals surface area contributed by atoms with Gasteiger partial charge in [0.05, 0.1) is 5.92 Å². The number of pyridine rings is 1. The second-order valence-corrected chi connectivity index (χ2v) is 6.51. The van der Waals surface area contributed by atoms with Gasteiger partial charge in [-0.2, -0.15) is 0 Å². The van der Waals surface area contributed by atoms with Crippen molar-refractivity contribution in [2.24, 2.45) is 17.3 Å². The summed E-state index contributed by atoms with van der Waals surface area (Å²) in [5, 5.41) is 12.9. The minimum absolute atomic E-state index is 0.205. The average Bonchev–Trinajstić information content (AvgIpc) is 2.34. The van der Waals surface area contributed by atoms with Crippen molar-refractivity contribution in [3.8, 4) is 0 Å². The predicted octanol–water partition coefficient (Wildman–Crippen LogP) is 3.33. The average molecular weight is 276 g/mol. The zero-order chi connectivity index (χ0) is 14.9. The highest BCUT2D eigenvalue weighted by molar-refractivity contribution is 5.71. The van der Waals surface area contributed by atoms with Crippen LogP contribution in [0.25, 0.3) is 0 Å². The summed E-state index contributed by atoms with van der Waals surface area (Å²) in [6.07, 6.45) is 3.42. The van der Waals surface area contributed by atoms with Crippen LogP contribution in [0.5, 0.6) is 0 Å². The monoisotopic (exact) mass is 276 g/mol. The highest BCUT2D eigenvalue weighted by Gasteiger charge is 2.46. The van der Waals surface area contributed by atoms with E-state index in [2.05, 4.69) is 31.1 Å². The van der Waals surface area contributed by atoms with E-state index < -0.39 is 5.97 Å². The van der Waals surface area contributed by atoms with Crippen LogP contribution < -0.4 is 5.32 Å². The largest absolute Gasteiger partial charge is 0.481 e. The van der Waals surface area contributed by atoms with Crippen LogP contribution in [0.2, 0.25) is 0 Å². The molecule has 0 aliphatic heterocycles. The van der Waals surface area contributed by atoms with Crippen LogP contribution in [-0.2, 0) is 4.79 Å². The quantitative estimate of drug-likeness (QED) is 0.889. The van der Waals surface area contributed by atoms with Crippen LogP contribution >= 0.6 is 0 Å². The summed E-state index contributed by atoms with van der Waals surface area (Å²) in [6.45, 7) is 8.27. The number of carboxylic acid groups (broad SMARTS) is 1. The second kappa shape index (κ2) is 5.43. The molecule has 110 valence electrons. The molecule has 1 aromatic rings. The Labute approximate surface area is 120 Å². The number of rotatable bonds is 3. The van der Waals surface area contributed by atoms with Gasteiger partial charge in [0.1, 0.15) is 0 Å². The Hall–Kier alpha value is -1.58. The number of carboxylic acids is 1. The van der Waals surface area contributed by atoms with Gasteiger partial charge in [-0.3, -0.25) is 9.78 Å². The van der Waals surface area contributed by atoms with Gasteiger partial charge in [0.25, 0.3) is 0 Å². The van der Waals surface area contributed by atoms with Crippen LogP contribution in [-0.4, -0.2) is 22.1 Å². The van der Waals surface area contributed by atoms with Gasteiger partial charge in [0.2, 0.25) is 0 Å². The van der Waals surface area contributed by atoms with Crippen molar-refractivity contribution < 1.29 is 9.90 Å². The van der Waals surface area contributed by atoms with Crippen LogP contribution in [0.1, 0.15) is 39.3 Å². The lowest BCUT2D eigenvalue weighted by Gasteiger charge is -2.46. The third-order valence-corrected chi connectivity index (χ3v) is 4.99. The fourth-order valence-corrected chi connectivity index (χ4v) is 3.29. The molecule has 1 aliphatic carbocycles. The zero-order valence-electron chi connectivity index (χ0n) is 12.7. The fraction of sp³-hybridized carbons (Fsp3) is 0.625. The summed E-state index contributed by atoms with van der Waals surface area (Å²) in [5.74, 6) is -0.624. The summed E-state index contributed by atoms with van der Waals surface area (Å²) in [4.78, 5) is 15.6. The number of nitrogens with zero attached hydrogens (tertiary/aromatic N) is 1. The van der Waals surface area contributed by atoms with Crippen molar-refractivity contribution in [3.05, 3.63) is 24.0 Å². The topological polar surface area (TPSA) is 62.2 Å². The Morgan fingerprint density at radius 1 is 1.45 bits per heavy atom. The van der Waals surface area contributed by atoms with E-state index in [0.717, 1.165) is 24.2 Å². The number of carbonyl (C=O) groups is 1. The maximum Gasteiger partial charge on any atom is 0.307 e. The summed E-state index contributed by atoms with van der Waals surface area (Å²) in [7, 11) is 0. The molecular formula is C16H24N2O2. The normalized spacial score (nSPS) is 28.9. The molecule has 0 spiro atoms. The molecule has 1 aromatic heterocycles. The highest BCUT2D eigenvalue weighted by Crippen LogP contribution is 2.45. The molecule has 0 amide bonds. The SMILES string of the molecule is Cc1cc(NC2CCC(C(=O)O)C(C)(C)C2C)ccn1. The van der Waals surface area contributed by atoms with E-state index in [0.29, 0.717) is 12.0 Å². The van der Waals surface area contributed by atoms with Crippen LogP contribution in [0, 0.1) is 24.2 Å². The Morgan fingerprint density at radius 2 is 2.15 bits per heavy atom. The molecule has 0 saturated heterocycles. The Kier molecular flexibility index (Phi) is 4.02. The fourth-order valence-electron chi connectivity index (χ4n) is 3.29. The van der Waals surface area contributed by atoms with E-state index in [9.17, 15) is 9.90 Å². The van der Waals surface area contributed by atoms with Gasteiger partial charge in [0.15, 0.2) is 0 Å². The van der Waals surface area contributed by atoms with Gasteiger partial charge in [-0.25, -0.2) is 0 Å². The van der Waals surface area contributed by atoms with Gasteiger partial charge >= 0.3 is 5.97 Å². The van der Waals surface area contributed by atoms with E-state index in [4.69, 9.17) is 0 Å².